The molecular weight excluding hydrogens is 236 g/mol. The Kier molecular flexibility index (Phi) is 3.52. The van der Waals surface area contributed by atoms with Gasteiger partial charge in [-0.15, -0.1) is 5.10 Å². The summed E-state index contributed by atoms with van der Waals surface area (Å²) in [6.45, 7) is 0.628. The predicted molar refractivity (Wildman–Crippen MR) is 64.9 cm³/mol. The molecule has 17 heavy (non-hydrogen) atoms. The van der Waals surface area contributed by atoms with Crippen LogP contribution in [-0.2, 0) is 6.54 Å². The Balaban J connectivity index is 2.09. The van der Waals surface area contributed by atoms with Crippen molar-refractivity contribution in [2.24, 2.45) is 0 Å². The first-order chi connectivity index (χ1) is 8.33. The Morgan fingerprint density at radius 1 is 1.53 bits per heavy atom. The van der Waals surface area contributed by atoms with Crippen LogP contribution in [0.2, 0.25) is 0 Å². The summed E-state index contributed by atoms with van der Waals surface area (Å²) < 4.78 is 8.83. The van der Waals surface area contributed by atoms with E-state index >= 15 is 0 Å². The van der Waals surface area contributed by atoms with Crippen molar-refractivity contribution in [3.63, 3.8) is 0 Å². The molecule has 0 aliphatic rings. The molecule has 0 bridgehead atoms. The van der Waals surface area contributed by atoms with Gasteiger partial charge in [-0.2, -0.15) is 5.26 Å². The standard InChI is InChI=1S/C11H10N4OS/c1-16-10-3-2-8(4-9(10)5-12)6-13-11-7-14-15-17-11/h2-4,7,13H,6H2,1H3. The number of nitrogens with zero attached hydrogens (tertiary/aromatic N) is 3. The fourth-order valence-corrected chi connectivity index (χ4v) is 1.80. The second-order valence-electron chi connectivity index (χ2n) is 3.28. The van der Waals surface area contributed by atoms with Crippen LogP contribution >= 0.6 is 11.5 Å². The van der Waals surface area contributed by atoms with Gasteiger partial charge in [-0.1, -0.05) is 10.6 Å². The van der Waals surface area contributed by atoms with E-state index in [9.17, 15) is 0 Å². The molecule has 0 saturated heterocycles. The third-order valence-electron chi connectivity index (χ3n) is 2.21. The van der Waals surface area contributed by atoms with Crippen LogP contribution in [0.5, 0.6) is 5.75 Å². The molecule has 6 heteroatoms. The van der Waals surface area contributed by atoms with E-state index < -0.39 is 0 Å². The lowest BCUT2D eigenvalue weighted by molar-refractivity contribution is 0.413. The molecule has 0 amide bonds. The number of anilines is 1. The third-order valence-corrected chi connectivity index (χ3v) is 2.83. The van der Waals surface area contributed by atoms with E-state index in [0.717, 1.165) is 10.6 Å². The van der Waals surface area contributed by atoms with E-state index in [1.54, 1.807) is 25.4 Å². The van der Waals surface area contributed by atoms with Crippen molar-refractivity contribution >= 4 is 16.5 Å². The van der Waals surface area contributed by atoms with Gasteiger partial charge in [0, 0.05) is 18.1 Å². The number of methoxy groups -OCH3 is 1. The van der Waals surface area contributed by atoms with Crippen molar-refractivity contribution in [3.05, 3.63) is 35.5 Å². The normalized spacial score (nSPS) is 9.65. The molecule has 0 unspecified atom stereocenters. The molecule has 1 heterocycles. The van der Waals surface area contributed by atoms with Crippen molar-refractivity contribution < 1.29 is 4.74 Å². The first-order valence-corrected chi connectivity index (χ1v) is 5.69. The molecule has 1 N–H and O–H groups in total. The number of hydrogen-bond acceptors (Lipinski definition) is 6. The number of aromatic nitrogens is 2. The van der Waals surface area contributed by atoms with Crippen LogP contribution in [-0.4, -0.2) is 16.7 Å². The number of benzene rings is 1. The quantitative estimate of drug-likeness (QED) is 0.893. The van der Waals surface area contributed by atoms with Crippen LogP contribution in [0.15, 0.2) is 24.4 Å². The smallest absolute Gasteiger partial charge is 0.136 e. The minimum Gasteiger partial charge on any atom is -0.495 e. The molecule has 5 nitrogen and oxygen atoms in total. The van der Waals surface area contributed by atoms with Crippen LogP contribution in [0.25, 0.3) is 0 Å². The van der Waals surface area contributed by atoms with Crippen LogP contribution < -0.4 is 10.1 Å². The maximum Gasteiger partial charge on any atom is 0.136 e. The summed E-state index contributed by atoms with van der Waals surface area (Å²) in [5.41, 5.74) is 1.55. The molecule has 86 valence electrons. The van der Waals surface area contributed by atoms with Gasteiger partial charge in [-0.05, 0) is 17.7 Å². The zero-order valence-corrected chi connectivity index (χ0v) is 9.99. The minimum absolute atomic E-state index is 0.536. The topological polar surface area (TPSA) is 70.8 Å². The molecule has 0 saturated carbocycles. The van der Waals surface area contributed by atoms with Crippen molar-refractivity contribution in [2.75, 3.05) is 12.4 Å². The highest BCUT2D eigenvalue weighted by Gasteiger charge is 2.03. The first kappa shape index (κ1) is 11.4. The van der Waals surface area contributed by atoms with Gasteiger partial charge in [0.1, 0.15) is 16.8 Å². The van der Waals surface area contributed by atoms with Crippen molar-refractivity contribution in [1.29, 1.82) is 5.26 Å². The van der Waals surface area contributed by atoms with Gasteiger partial charge in [0.05, 0.1) is 18.9 Å². The Morgan fingerprint density at radius 3 is 3.06 bits per heavy atom. The van der Waals surface area contributed by atoms with Gasteiger partial charge in [0.15, 0.2) is 0 Å². The number of nitrogens with one attached hydrogen (secondary N) is 1. The average molecular weight is 246 g/mol. The number of ether oxygens (including phenoxy) is 1. The van der Waals surface area contributed by atoms with E-state index in [1.165, 1.54) is 11.5 Å². The molecule has 0 fully saturated rings. The van der Waals surface area contributed by atoms with Crippen LogP contribution in [0.4, 0.5) is 5.00 Å². The predicted octanol–water partition coefficient (Wildman–Crippen LogP) is 2.03. The van der Waals surface area contributed by atoms with Gasteiger partial charge in [-0.25, -0.2) is 0 Å². The Bertz CT molecular complexity index is 533. The summed E-state index contributed by atoms with van der Waals surface area (Å²) in [7, 11) is 1.55. The van der Waals surface area contributed by atoms with E-state index in [1.807, 2.05) is 6.07 Å². The van der Waals surface area contributed by atoms with Crippen LogP contribution in [0.1, 0.15) is 11.1 Å². The maximum absolute atomic E-state index is 8.96. The summed E-state index contributed by atoms with van der Waals surface area (Å²) in [6, 6.07) is 7.62. The number of hydrogen-bond donors (Lipinski definition) is 1. The molecule has 0 aliphatic heterocycles. The van der Waals surface area contributed by atoms with Gasteiger partial charge in [0.25, 0.3) is 0 Å². The molecule has 0 atom stereocenters. The molecule has 2 aromatic rings. The van der Waals surface area contributed by atoms with E-state index in [-0.39, 0.29) is 0 Å². The highest BCUT2D eigenvalue weighted by Crippen LogP contribution is 2.19. The zero-order valence-electron chi connectivity index (χ0n) is 9.17. The summed E-state index contributed by atoms with van der Waals surface area (Å²) >= 11 is 1.30. The minimum atomic E-state index is 0.536. The van der Waals surface area contributed by atoms with E-state index in [0.29, 0.717) is 17.9 Å². The van der Waals surface area contributed by atoms with Gasteiger partial charge >= 0.3 is 0 Å². The molecule has 0 aliphatic carbocycles. The highest BCUT2D eigenvalue weighted by atomic mass is 32.1. The van der Waals surface area contributed by atoms with E-state index in [2.05, 4.69) is 21.0 Å². The summed E-state index contributed by atoms with van der Waals surface area (Å²) in [6.07, 6.45) is 1.67. The first-order valence-electron chi connectivity index (χ1n) is 4.91. The number of rotatable bonds is 4. The second-order valence-corrected chi connectivity index (χ2v) is 4.07. The van der Waals surface area contributed by atoms with Crippen molar-refractivity contribution in [3.8, 4) is 11.8 Å². The number of nitriles is 1. The zero-order chi connectivity index (χ0) is 12.1. The van der Waals surface area contributed by atoms with Crippen LogP contribution in [0, 0.1) is 11.3 Å². The summed E-state index contributed by atoms with van der Waals surface area (Å²) in [5.74, 6) is 0.593. The van der Waals surface area contributed by atoms with Crippen LogP contribution in [0.3, 0.4) is 0 Å². The highest BCUT2D eigenvalue weighted by molar-refractivity contribution is 7.09. The average Bonchev–Trinajstić information content (AvgIpc) is 2.89. The Labute approximate surface area is 103 Å². The fraction of sp³-hybridized carbons (Fsp3) is 0.182. The molecular formula is C11H10N4OS. The molecule has 1 aromatic heterocycles. The van der Waals surface area contributed by atoms with Gasteiger partial charge < -0.3 is 10.1 Å². The molecule has 0 radical (unpaired) electrons. The lowest BCUT2D eigenvalue weighted by Gasteiger charge is -2.06. The SMILES string of the molecule is COc1ccc(CNc2cnns2)cc1C#N. The van der Waals surface area contributed by atoms with E-state index in [4.69, 9.17) is 10.00 Å². The van der Waals surface area contributed by atoms with Crippen molar-refractivity contribution in [2.45, 2.75) is 6.54 Å². The second kappa shape index (κ2) is 5.27. The largest absolute Gasteiger partial charge is 0.495 e. The summed E-state index contributed by atoms with van der Waals surface area (Å²) in [4.78, 5) is 0. The Morgan fingerprint density at radius 2 is 2.41 bits per heavy atom. The fourth-order valence-electron chi connectivity index (χ4n) is 1.39. The lowest BCUT2D eigenvalue weighted by atomic mass is 10.1. The Hall–Kier alpha value is -2.13. The van der Waals surface area contributed by atoms with Gasteiger partial charge in [-0.3, -0.25) is 0 Å². The molecule has 0 spiro atoms. The maximum atomic E-state index is 8.96. The summed E-state index contributed by atoms with van der Waals surface area (Å²) in [5, 5.41) is 16.8. The molecule has 1 aromatic carbocycles. The lowest BCUT2D eigenvalue weighted by Crippen LogP contribution is -1.98. The van der Waals surface area contributed by atoms with Gasteiger partial charge in [0.2, 0.25) is 0 Å². The van der Waals surface area contributed by atoms with Crippen molar-refractivity contribution in [1.82, 2.24) is 9.59 Å². The monoisotopic (exact) mass is 246 g/mol. The molecule has 2 rings (SSSR count). The third kappa shape index (κ3) is 2.71.